The van der Waals surface area contributed by atoms with Gasteiger partial charge < -0.3 is 29.5 Å². The molecule has 0 aromatic rings. The van der Waals surface area contributed by atoms with E-state index >= 15 is 0 Å². The Morgan fingerprint density at radius 3 is 2.56 bits per heavy atom. The fourth-order valence-electron chi connectivity index (χ4n) is 9.64. The zero-order valence-electron chi connectivity index (χ0n) is 23.4. The molecule has 6 aliphatic rings. The van der Waals surface area contributed by atoms with Crippen molar-refractivity contribution in [2.75, 3.05) is 6.61 Å². The first-order valence-electron chi connectivity index (χ1n) is 14.2. The molecule has 39 heavy (non-hydrogen) atoms. The first kappa shape index (κ1) is 27.1. The van der Waals surface area contributed by atoms with Gasteiger partial charge in [-0.3, -0.25) is 9.59 Å². The molecule has 10 atom stereocenters. The molecule has 4 fully saturated rings. The van der Waals surface area contributed by atoms with Crippen LogP contribution in [0.15, 0.2) is 23.3 Å². The molecule has 4 aliphatic carbocycles. The smallest absolute Gasteiger partial charge is 0.334 e. The van der Waals surface area contributed by atoms with Crippen molar-refractivity contribution in [3.8, 4) is 0 Å². The summed E-state index contributed by atoms with van der Waals surface area (Å²) in [4.78, 5) is 38.1. The molecule has 2 heterocycles. The lowest BCUT2D eigenvalue weighted by molar-refractivity contribution is -0.297. The maximum Gasteiger partial charge on any atom is 0.334 e. The zero-order valence-corrected chi connectivity index (χ0v) is 23.4. The van der Waals surface area contributed by atoms with Crippen molar-refractivity contribution in [2.24, 2.45) is 22.7 Å². The molecular formula is C30H40O9. The molecule has 6 rings (SSSR count). The van der Waals surface area contributed by atoms with Crippen molar-refractivity contribution in [2.45, 2.75) is 114 Å². The molecule has 214 valence electrons. The maximum atomic E-state index is 13.4. The second-order valence-electron chi connectivity index (χ2n) is 13.5. The van der Waals surface area contributed by atoms with Crippen LogP contribution in [0.5, 0.6) is 0 Å². The molecule has 0 aromatic carbocycles. The quantitative estimate of drug-likeness (QED) is 0.359. The van der Waals surface area contributed by atoms with Crippen molar-refractivity contribution < 1.29 is 43.9 Å². The number of aliphatic hydroxyl groups is 3. The second-order valence-corrected chi connectivity index (χ2v) is 13.5. The molecule has 1 saturated heterocycles. The van der Waals surface area contributed by atoms with Gasteiger partial charge in [-0.2, -0.15) is 0 Å². The van der Waals surface area contributed by atoms with E-state index in [1.165, 1.54) is 13.8 Å². The van der Waals surface area contributed by atoms with E-state index in [0.717, 1.165) is 5.57 Å². The van der Waals surface area contributed by atoms with E-state index in [2.05, 4.69) is 0 Å². The first-order chi connectivity index (χ1) is 18.1. The van der Waals surface area contributed by atoms with E-state index in [4.69, 9.17) is 14.2 Å². The number of allylic oxidation sites excluding steroid dienone is 1. The topological polar surface area (TPSA) is 143 Å². The summed E-state index contributed by atoms with van der Waals surface area (Å²) in [5.41, 5.74) is -7.09. The Morgan fingerprint density at radius 1 is 1.18 bits per heavy atom. The molecule has 3 saturated carbocycles. The Morgan fingerprint density at radius 2 is 1.90 bits per heavy atom. The van der Waals surface area contributed by atoms with Crippen LogP contribution in [0.1, 0.15) is 79.6 Å². The predicted octanol–water partition coefficient (Wildman–Crippen LogP) is 2.30. The first-order valence-corrected chi connectivity index (χ1v) is 14.2. The molecule has 0 radical (unpaired) electrons. The Kier molecular flexibility index (Phi) is 5.58. The number of cyclic esters (lactones) is 1. The minimum Gasteiger partial charge on any atom is -0.465 e. The number of fused-ring (bicyclic) bond motifs is 4. The van der Waals surface area contributed by atoms with Crippen molar-refractivity contribution in [1.82, 2.24) is 0 Å². The lowest BCUT2D eigenvalue weighted by Gasteiger charge is -2.64. The summed E-state index contributed by atoms with van der Waals surface area (Å²) in [6, 6.07) is 0. The van der Waals surface area contributed by atoms with E-state index in [-0.39, 0.29) is 50.1 Å². The van der Waals surface area contributed by atoms with E-state index in [1.807, 2.05) is 13.0 Å². The van der Waals surface area contributed by atoms with Crippen LogP contribution in [0.25, 0.3) is 0 Å². The van der Waals surface area contributed by atoms with Gasteiger partial charge in [-0.15, -0.1) is 0 Å². The van der Waals surface area contributed by atoms with Crippen molar-refractivity contribution >= 4 is 17.7 Å². The fourth-order valence-corrected chi connectivity index (χ4v) is 9.64. The lowest BCUT2D eigenvalue weighted by Crippen LogP contribution is -2.75. The van der Waals surface area contributed by atoms with Crippen LogP contribution in [0.4, 0.5) is 0 Å². The number of rotatable bonds is 4. The molecule has 9 nitrogen and oxygen atoms in total. The highest BCUT2D eigenvalue weighted by Gasteiger charge is 2.83. The SMILES string of the molecule is CC(=O)OC[C@]12CC[C@H]3[C@@H](C[C@H]4O[C@]45CC=CC(=O)[C@]35C)[C@]1(O)CC[C@@]2(O)C(C)(O)C1CC(C)=C(C)C(=O)O1. The van der Waals surface area contributed by atoms with Gasteiger partial charge in [0.2, 0.25) is 0 Å². The Balaban J connectivity index is 1.44. The third kappa shape index (κ3) is 3.03. The average molecular weight is 545 g/mol. The largest absolute Gasteiger partial charge is 0.465 e. The van der Waals surface area contributed by atoms with Gasteiger partial charge in [0, 0.05) is 18.9 Å². The van der Waals surface area contributed by atoms with E-state index < -0.39 is 57.2 Å². The molecule has 3 N–H and O–H groups in total. The van der Waals surface area contributed by atoms with Crippen LogP contribution < -0.4 is 0 Å². The lowest BCUT2D eigenvalue weighted by atomic mass is 9.42. The molecule has 2 aliphatic heterocycles. The fraction of sp³-hybridized carbons (Fsp3) is 0.767. The van der Waals surface area contributed by atoms with Crippen LogP contribution >= 0.6 is 0 Å². The molecule has 0 amide bonds. The van der Waals surface area contributed by atoms with Gasteiger partial charge in [-0.05, 0) is 84.1 Å². The molecule has 9 heteroatoms. The zero-order chi connectivity index (χ0) is 28.4. The number of ether oxygens (including phenoxy) is 3. The summed E-state index contributed by atoms with van der Waals surface area (Å²) in [5, 5.41) is 37.6. The Bertz CT molecular complexity index is 1220. The van der Waals surface area contributed by atoms with Gasteiger partial charge >= 0.3 is 11.9 Å². The van der Waals surface area contributed by atoms with Gasteiger partial charge in [0.15, 0.2) is 5.78 Å². The number of carbonyl (C=O) groups is 3. The van der Waals surface area contributed by atoms with Gasteiger partial charge in [-0.25, -0.2) is 4.79 Å². The number of epoxide rings is 1. The normalized spacial score (nSPS) is 49.7. The van der Waals surface area contributed by atoms with Crippen LogP contribution in [-0.2, 0) is 28.6 Å². The summed E-state index contributed by atoms with van der Waals surface area (Å²) < 4.78 is 17.5. The van der Waals surface area contributed by atoms with E-state index in [9.17, 15) is 29.7 Å². The van der Waals surface area contributed by atoms with Crippen LogP contribution in [0.2, 0.25) is 0 Å². The monoisotopic (exact) mass is 544 g/mol. The third-order valence-corrected chi connectivity index (χ3v) is 12.2. The summed E-state index contributed by atoms with van der Waals surface area (Å²) >= 11 is 0. The summed E-state index contributed by atoms with van der Waals surface area (Å²) in [5.74, 6) is -1.75. The molecule has 1 spiro atoms. The predicted molar refractivity (Wildman–Crippen MR) is 137 cm³/mol. The number of ketones is 1. The summed E-state index contributed by atoms with van der Waals surface area (Å²) in [7, 11) is 0. The average Bonchev–Trinajstić information content (AvgIpc) is 3.52. The number of esters is 2. The molecular weight excluding hydrogens is 504 g/mol. The molecule has 0 bridgehead atoms. The van der Waals surface area contributed by atoms with Gasteiger partial charge in [0.05, 0.1) is 22.5 Å². The van der Waals surface area contributed by atoms with Gasteiger partial charge in [0.1, 0.15) is 29.5 Å². The van der Waals surface area contributed by atoms with Crippen molar-refractivity contribution in [1.29, 1.82) is 0 Å². The molecule has 0 aromatic heterocycles. The standard InChI is InChI=1S/C30H40O9/c1-16-13-22(38-24(33)17(16)2)26(5,34)30(36)12-11-28(35)20-14-23-29(39-23)9-6-7-21(32)25(29,4)19(20)8-10-27(28,30)15-37-18(3)31/h6-7,19-20,22-23,34-36H,8-15H2,1-5H3/t19-,20+,22?,23+,25-,26?,27+,28+,29+,30+/m0/s1. The van der Waals surface area contributed by atoms with E-state index in [0.29, 0.717) is 24.8 Å². The van der Waals surface area contributed by atoms with Crippen molar-refractivity contribution in [3.05, 3.63) is 23.3 Å². The number of hydrogen-bond donors (Lipinski definition) is 3. The second kappa shape index (κ2) is 8.02. The highest BCUT2D eigenvalue weighted by Crippen LogP contribution is 2.75. The highest BCUT2D eigenvalue weighted by molar-refractivity contribution is 5.97. The Hall–Kier alpha value is -2.07. The van der Waals surface area contributed by atoms with E-state index in [1.54, 1.807) is 19.9 Å². The third-order valence-electron chi connectivity index (χ3n) is 12.2. The van der Waals surface area contributed by atoms with Crippen LogP contribution in [-0.4, -0.2) is 74.3 Å². The minimum absolute atomic E-state index is 0.00552. The summed E-state index contributed by atoms with van der Waals surface area (Å²) in [6.07, 6.45) is 4.49. The molecule has 2 unspecified atom stereocenters. The maximum absolute atomic E-state index is 13.4. The number of hydrogen-bond acceptors (Lipinski definition) is 9. The van der Waals surface area contributed by atoms with Gasteiger partial charge in [-0.1, -0.05) is 11.6 Å². The summed E-state index contributed by atoms with van der Waals surface area (Å²) in [6.45, 7) is 7.85. The highest BCUT2D eigenvalue weighted by atomic mass is 16.6. The minimum atomic E-state index is -1.97. The Labute approximate surface area is 228 Å². The van der Waals surface area contributed by atoms with Crippen LogP contribution in [0, 0.1) is 22.7 Å². The van der Waals surface area contributed by atoms with Gasteiger partial charge in [0.25, 0.3) is 0 Å². The van der Waals surface area contributed by atoms with Crippen molar-refractivity contribution in [3.63, 3.8) is 0 Å². The van der Waals surface area contributed by atoms with Crippen LogP contribution in [0.3, 0.4) is 0 Å². The number of carbonyl (C=O) groups excluding carboxylic acids is 3.